The first-order chi connectivity index (χ1) is 17.0. The fourth-order valence-corrected chi connectivity index (χ4v) is 5.41. The molecule has 8 nitrogen and oxygen atoms in total. The molecule has 1 saturated heterocycles. The number of alkyl halides is 1. The third-order valence-corrected chi connectivity index (χ3v) is 7.21. The summed E-state index contributed by atoms with van der Waals surface area (Å²) in [5.74, 6) is 0.400. The quantitative estimate of drug-likeness (QED) is 0.421. The van der Waals surface area contributed by atoms with E-state index in [1.807, 2.05) is 36.9 Å². The predicted octanol–water partition coefficient (Wildman–Crippen LogP) is 3.87. The van der Waals surface area contributed by atoms with E-state index < -0.39 is 11.3 Å². The molecule has 1 unspecified atom stereocenters. The molecule has 188 valence electrons. The summed E-state index contributed by atoms with van der Waals surface area (Å²) in [6, 6.07) is 9.17. The number of likely N-dealkylation sites (tertiary alicyclic amines) is 1. The average molecular weight is 511 g/mol. The number of benzene rings is 1. The van der Waals surface area contributed by atoms with Crippen LogP contribution in [0.4, 0.5) is 4.39 Å². The van der Waals surface area contributed by atoms with Crippen LogP contribution in [0, 0.1) is 13.8 Å². The molecule has 0 amide bonds. The molecule has 10 heteroatoms. The lowest BCUT2D eigenvalue weighted by molar-refractivity contribution is -0.0229. The van der Waals surface area contributed by atoms with Crippen molar-refractivity contribution in [3.05, 3.63) is 75.3 Å². The van der Waals surface area contributed by atoms with Crippen LogP contribution in [0.1, 0.15) is 40.7 Å². The van der Waals surface area contributed by atoms with Gasteiger partial charge < -0.3 is 9.84 Å². The summed E-state index contributed by atoms with van der Waals surface area (Å²) in [5, 5.41) is 21.5. The summed E-state index contributed by atoms with van der Waals surface area (Å²) in [5.41, 5.74) is 1.68. The number of halogens is 2. The summed E-state index contributed by atoms with van der Waals surface area (Å²) < 4.78 is 21.2. The number of hydrogen-bond donors (Lipinski definition) is 1. The molecular formula is C26H28ClFN6O2. The largest absolute Gasteiger partial charge is 0.481 e. The highest BCUT2D eigenvalue weighted by Crippen LogP contribution is 2.41. The fraction of sp³-hybridized carbons (Fsp3) is 0.385. The standard InChI is InChI=1S/C26H28ClFN6O2/c1-15-6-8-20(16(2)30-15)26(35,22-11-29-32-33(22)4)17-7-9-21-18(10-17)23(27)19(24(31-21)36-5)12-34-13-25(3,28)14-34/h6-11,35H,12-14H2,1-5H3. The molecular weight excluding hydrogens is 483 g/mol. The first-order valence-corrected chi connectivity index (χ1v) is 12.0. The Kier molecular flexibility index (Phi) is 5.97. The molecule has 1 aromatic carbocycles. The fourth-order valence-electron chi connectivity index (χ4n) is 5.12. The Labute approximate surface area is 213 Å². The third kappa shape index (κ3) is 4.01. The number of fused-ring (bicyclic) bond motifs is 1. The van der Waals surface area contributed by atoms with Gasteiger partial charge in [0.2, 0.25) is 5.88 Å². The number of hydrogen-bond acceptors (Lipinski definition) is 7. The number of pyridine rings is 2. The molecule has 1 aliphatic heterocycles. The van der Waals surface area contributed by atoms with Crippen molar-refractivity contribution >= 4 is 22.5 Å². The van der Waals surface area contributed by atoms with Gasteiger partial charge in [0.05, 0.1) is 29.5 Å². The van der Waals surface area contributed by atoms with Crippen LogP contribution in [-0.2, 0) is 19.2 Å². The highest BCUT2D eigenvalue weighted by molar-refractivity contribution is 6.36. The van der Waals surface area contributed by atoms with Gasteiger partial charge in [0, 0.05) is 54.6 Å². The summed E-state index contributed by atoms with van der Waals surface area (Å²) >= 11 is 6.93. The molecule has 5 rings (SSSR count). The molecule has 4 aromatic rings. The zero-order chi connectivity index (χ0) is 25.8. The second-order valence-electron chi connectivity index (χ2n) is 9.74. The van der Waals surface area contributed by atoms with E-state index in [1.54, 1.807) is 44.1 Å². The monoisotopic (exact) mass is 510 g/mol. The Hall–Kier alpha value is -3.14. The van der Waals surface area contributed by atoms with Crippen LogP contribution < -0.4 is 4.74 Å². The van der Waals surface area contributed by atoms with Gasteiger partial charge in [-0.15, -0.1) is 5.10 Å². The van der Waals surface area contributed by atoms with E-state index in [2.05, 4.69) is 20.3 Å². The van der Waals surface area contributed by atoms with E-state index in [9.17, 15) is 9.50 Å². The van der Waals surface area contributed by atoms with Gasteiger partial charge in [-0.3, -0.25) is 9.88 Å². The number of nitrogens with zero attached hydrogens (tertiary/aromatic N) is 6. The third-order valence-electron chi connectivity index (χ3n) is 6.78. The van der Waals surface area contributed by atoms with Crippen molar-refractivity contribution in [2.45, 2.75) is 38.6 Å². The zero-order valence-corrected chi connectivity index (χ0v) is 21.6. The van der Waals surface area contributed by atoms with Crippen LogP contribution in [0.3, 0.4) is 0 Å². The number of rotatable bonds is 6. The molecule has 0 spiro atoms. The SMILES string of the molecule is COc1nc2ccc(C(O)(c3ccc(C)nc3C)c3cnnn3C)cc2c(Cl)c1CN1CC(C)(F)C1. The molecule has 0 saturated carbocycles. The molecule has 0 radical (unpaired) electrons. The van der Waals surface area contributed by atoms with Crippen LogP contribution in [0.5, 0.6) is 5.88 Å². The normalized spacial score (nSPS) is 17.1. The number of aliphatic hydroxyl groups is 1. The van der Waals surface area contributed by atoms with Crippen LogP contribution in [0.15, 0.2) is 36.5 Å². The molecule has 0 aliphatic carbocycles. The van der Waals surface area contributed by atoms with Crippen molar-refractivity contribution in [3.8, 4) is 5.88 Å². The maximum absolute atomic E-state index is 14.1. The van der Waals surface area contributed by atoms with Gasteiger partial charge in [0.15, 0.2) is 5.60 Å². The zero-order valence-electron chi connectivity index (χ0n) is 20.9. The highest BCUT2D eigenvalue weighted by atomic mass is 35.5. The highest BCUT2D eigenvalue weighted by Gasteiger charge is 2.41. The second kappa shape index (κ2) is 8.76. The van der Waals surface area contributed by atoms with E-state index in [1.165, 1.54) is 0 Å². The van der Waals surface area contributed by atoms with Crippen LogP contribution in [0.25, 0.3) is 10.9 Å². The van der Waals surface area contributed by atoms with Crippen molar-refractivity contribution in [2.24, 2.45) is 7.05 Å². The van der Waals surface area contributed by atoms with E-state index in [0.29, 0.717) is 69.5 Å². The molecule has 1 atom stereocenters. The minimum Gasteiger partial charge on any atom is -0.481 e. The minimum atomic E-state index is -1.60. The van der Waals surface area contributed by atoms with E-state index in [0.717, 1.165) is 5.69 Å². The Morgan fingerprint density at radius 2 is 1.94 bits per heavy atom. The Morgan fingerprint density at radius 3 is 2.56 bits per heavy atom. The molecule has 3 aromatic heterocycles. The van der Waals surface area contributed by atoms with Gasteiger partial charge in [-0.05, 0) is 44.5 Å². The Morgan fingerprint density at radius 1 is 1.19 bits per heavy atom. The lowest BCUT2D eigenvalue weighted by Gasteiger charge is -2.42. The van der Waals surface area contributed by atoms with Crippen LogP contribution in [-0.4, -0.2) is 60.8 Å². The summed E-state index contributed by atoms with van der Waals surface area (Å²) in [4.78, 5) is 11.2. The van der Waals surface area contributed by atoms with E-state index in [-0.39, 0.29) is 0 Å². The minimum absolute atomic E-state index is 0.317. The summed E-state index contributed by atoms with van der Waals surface area (Å²) in [6.45, 7) is 6.40. The maximum atomic E-state index is 14.1. The first-order valence-electron chi connectivity index (χ1n) is 11.6. The second-order valence-corrected chi connectivity index (χ2v) is 10.1. The number of aryl methyl sites for hydroxylation is 3. The predicted molar refractivity (Wildman–Crippen MR) is 135 cm³/mol. The molecule has 1 fully saturated rings. The smallest absolute Gasteiger partial charge is 0.219 e. The molecule has 4 heterocycles. The summed E-state index contributed by atoms with van der Waals surface area (Å²) in [7, 11) is 3.27. The van der Waals surface area contributed by atoms with Crippen molar-refractivity contribution in [2.75, 3.05) is 20.2 Å². The van der Waals surface area contributed by atoms with Crippen molar-refractivity contribution in [1.29, 1.82) is 0 Å². The number of aromatic nitrogens is 5. The Bertz CT molecular complexity index is 1460. The number of methoxy groups -OCH3 is 1. The van der Waals surface area contributed by atoms with E-state index >= 15 is 0 Å². The van der Waals surface area contributed by atoms with Gasteiger partial charge in [0.25, 0.3) is 0 Å². The average Bonchev–Trinajstić information content (AvgIpc) is 3.25. The van der Waals surface area contributed by atoms with Gasteiger partial charge >= 0.3 is 0 Å². The van der Waals surface area contributed by atoms with E-state index in [4.69, 9.17) is 16.3 Å². The Balaban J connectivity index is 1.69. The maximum Gasteiger partial charge on any atom is 0.219 e. The van der Waals surface area contributed by atoms with Crippen molar-refractivity contribution in [1.82, 2.24) is 29.9 Å². The van der Waals surface area contributed by atoms with Crippen LogP contribution >= 0.6 is 11.6 Å². The topological polar surface area (TPSA) is 89.2 Å². The lowest BCUT2D eigenvalue weighted by Crippen LogP contribution is -2.56. The number of ether oxygens (including phenoxy) is 1. The molecule has 0 bridgehead atoms. The van der Waals surface area contributed by atoms with Gasteiger partial charge in [-0.2, -0.15) is 0 Å². The van der Waals surface area contributed by atoms with Crippen LogP contribution in [0.2, 0.25) is 5.02 Å². The van der Waals surface area contributed by atoms with Gasteiger partial charge in [-0.1, -0.05) is 28.9 Å². The molecule has 1 N–H and O–H groups in total. The molecule has 36 heavy (non-hydrogen) atoms. The molecule has 1 aliphatic rings. The summed E-state index contributed by atoms with van der Waals surface area (Å²) in [6.07, 6.45) is 1.54. The van der Waals surface area contributed by atoms with Crippen molar-refractivity contribution < 1.29 is 14.2 Å². The first kappa shape index (κ1) is 24.5. The lowest BCUT2D eigenvalue weighted by atomic mass is 9.82. The van der Waals surface area contributed by atoms with Gasteiger partial charge in [0.1, 0.15) is 5.67 Å². The van der Waals surface area contributed by atoms with Crippen molar-refractivity contribution in [3.63, 3.8) is 0 Å². The van der Waals surface area contributed by atoms with Gasteiger partial charge in [-0.25, -0.2) is 14.1 Å².